The Morgan fingerprint density at radius 3 is 1.62 bits per heavy atom. The predicted molar refractivity (Wildman–Crippen MR) is 136 cm³/mol. The smallest absolute Gasteiger partial charge is 0.134 e. The molecule has 0 aliphatic heterocycles. The third-order valence-corrected chi connectivity index (χ3v) is 6.18. The first-order valence-corrected chi connectivity index (χ1v) is 11.1. The van der Waals surface area contributed by atoms with Gasteiger partial charge in [0.1, 0.15) is 28.7 Å². The van der Waals surface area contributed by atoms with Crippen molar-refractivity contribution in [3.63, 3.8) is 0 Å². The molecule has 0 spiro atoms. The van der Waals surface area contributed by atoms with E-state index < -0.39 is 0 Å². The van der Waals surface area contributed by atoms with Crippen molar-refractivity contribution in [1.82, 2.24) is 0 Å². The molecule has 5 heteroatoms. The minimum absolute atomic E-state index is 0.146. The van der Waals surface area contributed by atoms with Crippen LogP contribution in [0.3, 0.4) is 0 Å². The normalized spacial score (nSPS) is 10.9. The summed E-state index contributed by atoms with van der Waals surface area (Å²) >= 11 is 0. The summed E-state index contributed by atoms with van der Waals surface area (Å²) in [5.74, 6) is 1.85. The molecule has 0 atom stereocenters. The number of phenols is 3. The first-order chi connectivity index (χ1) is 16.2. The quantitative estimate of drug-likeness (QED) is 0.289. The number of aryl methyl sites for hydroxylation is 3. The molecule has 0 aromatic heterocycles. The molecule has 4 aromatic carbocycles. The van der Waals surface area contributed by atoms with Crippen LogP contribution in [0.5, 0.6) is 28.7 Å². The van der Waals surface area contributed by atoms with Crippen LogP contribution in [0.1, 0.15) is 27.8 Å². The average molecular weight is 456 g/mol. The maximum absolute atomic E-state index is 10.6. The van der Waals surface area contributed by atoms with E-state index in [1.54, 1.807) is 18.2 Å². The highest BCUT2D eigenvalue weighted by atomic mass is 16.5. The maximum Gasteiger partial charge on any atom is 0.134 e. The molecule has 0 unspecified atom stereocenters. The first-order valence-electron chi connectivity index (χ1n) is 11.1. The van der Waals surface area contributed by atoms with E-state index in [0.29, 0.717) is 11.5 Å². The highest BCUT2D eigenvalue weighted by molar-refractivity contribution is 5.82. The number of nitrogens with zero attached hydrogens (tertiary/aromatic N) is 1. The molecule has 0 heterocycles. The van der Waals surface area contributed by atoms with E-state index in [1.807, 2.05) is 88.0 Å². The van der Waals surface area contributed by atoms with Gasteiger partial charge in [-0.3, -0.25) is 0 Å². The van der Waals surface area contributed by atoms with Crippen molar-refractivity contribution in [3.05, 3.63) is 94.5 Å². The predicted octanol–water partition coefficient (Wildman–Crippen LogP) is 7.61. The number of anilines is 3. The topological polar surface area (TPSA) is 73.2 Å². The van der Waals surface area contributed by atoms with Gasteiger partial charge in [-0.25, -0.2) is 0 Å². The summed E-state index contributed by atoms with van der Waals surface area (Å²) in [6.07, 6.45) is 0. The average Bonchev–Trinajstić information content (AvgIpc) is 2.82. The van der Waals surface area contributed by atoms with Gasteiger partial charge in [-0.15, -0.1) is 0 Å². The molecule has 34 heavy (non-hydrogen) atoms. The lowest BCUT2D eigenvalue weighted by Crippen LogP contribution is -2.13. The molecular formula is C29H29NO4. The van der Waals surface area contributed by atoms with Gasteiger partial charge in [0, 0.05) is 22.9 Å². The fourth-order valence-corrected chi connectivity index (χ4v) is 4.03. The number of phenolic OH excluding ortho intramolecular Hbond substituents is 3. The lowest BCUT2D eigenvalue weighted by Gasteiger charge is -2.29. The summed E-state index contributed by atoms with van der Waals surface area (Å²) in [6.45, 7) is 9.43. The van der Waals surface area contributed by atoms with Crippen LogP contribution < -0.4 is 9.64 Å². The molecule has 0 fully saturated rings. The summed E-state index contributed by atoms with van der Waals surface area (Å²) in [5.41, 5.74) is 6.48. The van der Waals surface area contributed by atoms with Gasteiger partial charge >= 0.3 is 0 Å². The Labute approximate surface area is 200 Å². The molecule has 5 nitrogen and oxygen atoms in total. The fourth-order valence-electron chi connectivity index (χ4n) is 4.03. The number of rotatable bonds is 5. The molecule has 4 rings (SSSR count). The van der Waals surface area contributed by atoms with Crippen LogP contribution in [-0.2, 0) is 0 Å². The second kappa shape index (κ2) is 9.02. The van der Waals surface area contributed by atoms with Crippen LogP contribution in [0, 0.1) is 34.6 Å². The zero-order chi connectivity index (χ0) is 24.6. The van der Waals surface area contributed by atoms with E-state index in [4.69, 9.17) is 4.74 Å². The lowest BCUT2D eigenvalue weighted by atomic mass is 10.0. The summed E-state index contributed by atoms with van der Waals surface area (Å²) in [6, 6.07) is 20.3. The molecule has 0 radical (unpaired) electrons. The fraction of sp³-hybridized carbons (Fsp3) is 0.172. The van der Waals surface area contributed by atoms with Gasteiger partial charge in [0.25, 0.3) is 0 Å². The third kappa shape index (κ3) is 4.25. The van der Waals surface area contributed by atoms with Crippen LogP contribution in [0.4, 0.5) is 17.1 Å². The molecule has 0 amide bonds. The second-order valence-electron chi connectivity index (χ2n) is 8.63. The zero-order valence-corrected chi connectivity index (χ0v) is 20.0. The van der Waals surface area contributed by atoms with Crippen LogP contribution in [0.25, 0.3) is 0 Å². The summed E-state index contributed by atoms with van der Waals surface area (Å²) in [4.78, 5) is 2.02. The molecule has 174 valence electrons. The van der Waals surface area contributed by atoms with E-state index in [0.717, 1.165) is 44.9 Å². The lowest BCUT2D eigenvalue weighted by molar-refractivity contribution is 0.453. The van der Waals surface area contributed by atoms with Gasteiger partial charge < -0.3 is 25.0 Å². The van der Waals surface area contributed by atoms with E-state index in [-0.39, 0.29) is 17.2 Å². The molecule has 0 saturated carbocycles. The number of hydrogen-bond acceptors (Lipinski definition) is 5. The van der Waals surface area contributed by atoms with E-state index in [9.17, 15) is 15.3 Å². The van der Waals surface area contributed by atoms with Gasteiger partial charge in [-0.1, -0.05) is 18.2 Å². The largest absolute Gasteiger partial charge is 0.508 e. The van der Waals surface area contributed by atoms with Crippen molar-refractivity contribution in [2.45, 2.75) is 34.6 Å². The Balaban J connectivity index is 1.81. The van der Waals surface area contributed by atoms with Crippen molar-refractivity contribution < 1.29 is 20.1 Å². The van der Waals surface area contributed by atoms with Gasteiger partial charge in [0.15, 0.2) is 0 Å². The zero-order valence-electron chi connectivity index (χ0n) is 20.0. The molecule has 0 aliphatic carbocycles. The Morgan fingerprint density at radius 1 is 0.588 bits per heavy atom. The monoisotopic (exact) mass is 455 g/mol. The van der Waals surface area contributed by atoms with Crippen molar-refractivity contribution in [3.8, 4) is 28.7 Å². The maximum atomic E-state index is 10.6. The molecule has 0 bridgehead atoms. The molecule has 0 aliphatic rings. The van der Waals surface area contributed by atoms with Gasteiger partial charge in [0.2, 0.25) is 0 Å². The molecule has 4 aromatic rings. The van der Waals surface area contributed by atoms with Crippen molar-refractivity contribution in [1.29, 1.82) is 0 Å². The second-order valence-corrected chi connectivity index (χ2v) is 8.63. The van der Waals surface area contributed by atoms with Crippen LogP contribution in [0.15, 0.2) is 66.7 Å². The van der Waals surface area contributed by atoms with Gasteiger partial charge in [-0.2, -0.15) is 0 Å². The SMILES string of the molecule is Cc1ccc(O)cc1Oc1ccc(N(c2ccc(C)c(O)c2C)c2ccc(C)c(O)c2C)cc1. The highest BCUT2D eigenvalue weighted by Gasteiger charge is 2.21. The minimum atomic E-state index is 0.146. The van der Waals surface area contributed by atoms with Crippen molar-refractivity contribution in [2.24, 2.45) is 0 Å². The molecule has 3 N–H and O–H groups in total. The van der Waals surface area contributed by atoms with E-state index in [1.165, 1.54) is 0 Å². The highest BCUT2D eigenvalue weighted by Crippen LogP contribution is 2.44. The Morgan fingerprint density at radius 2 is 1.09 bits per heavy atom. The minimum Gasteiger partial charge on any atom is -0.508 e. The van der Waals surface area contributed by atoms with Gasteiger partial charge in [0.05, 0.1) is 11.4 Å². The first kappa shape index (κ1) is 23.1. The Bertz CT molecular complexity index is 1300. The number of hydrogen-bond donors (Lipinski definition) is 3. The molecular weight excluding hydrogens is 426 g/mol. The number of ether oxygens (including phenoxy) is 1. The van der Waals surface area contributed by atoms with Crippen molar-refractivity contribution >= 4 is 17.1 Å². The van der Waals surface area contributed by atoms with E-state index >= 15 is 0 Å². The number of benzene rings is 4. The Hall–Kier alpha value is -4.12. The van der Waals surface area contributed by atoms with Crippen LogP contribution in [0.2, 0.25) is 0 Å². The van der Waals surface area contributed by atoms with Crippen LogP contribution >= 0.6 is 0 Å². The number of aromatic hydroxyl groups is 3. The summed E-state index contributed by atoms with van der Waals surface area (Å²) in [5, 5.41) is 31.1. The van der Waals surface area contributed by atoms with E-state index in [2.05, 4.69) is 0 Å². The summed E-state index contributed by atoms with van der Waals surface area (Å²) < 4.78 is 5.99. The Kier molecular flexibility index (Phi) is 6.12. The summed E-state index contributed by atoms with van der Waals surface area (Å²) in [7, 11) is 0. The third-order valence-electron chi connectivity index (χ3n) is 6.18. The molecule has 0 saturated heterocycles. The van der Waals surface area contributed by atoms with Crippen molar-refractivity contribution in [2.75, 3.05) is 4.90 Å². The standard InChI is InChI=1S/C29H29NO4/c1-17-6-11-23(31)16-27(17)34-24-12-9-22(10-13-24)30(25-14-7-18(2)28(32)20(25)4)26-15-8-19(3)29(33)21(26)5/h6-16,31-33H,1-5H3. The van der Waals surface area contributed by atoms with Crippen LogP contribution in [-0.4, -0.2) is 15.3 Å². The van der Waals surface area contributed by atoms with Gasteiger partial charge in [-0.05, 0) is 93.8 Å².